The summed E-state index contributed by atoms with van der Waals surface area (Å²) in [5.41, 5.74) is 1.02. The van der Waals surface area contributed by atoms with Crippen molar-refractivity contribution in [2.45, 2.75) is 12.8 Å². The van der Waals surface area contributed by atoms with Crippen LogP contribution in [0, 0.1) is 0 Å². The summed E-state index contributed by atoms with van der Waals surface area (Å²) in [4.78, 5) is 21.5. The molecular formula is C15H16F3NO4. The van der Waals surface area contributed by atoms with Gasteiger partial charge in [-0.3, -0.25) is 9.59 Å². The molecule has 0 fully saturated rings. The fourth-order valence-electron chi connectivity index (χ4n) is 1.40. The molecule has 1 amide bonds. The molecule has 1 N–H and O–H groups in total. The van der Waals surface area contributed by atoms with Crippen molar-refractivity contribution in [2.75, 3.05) is 19.8 Å². The second-order valence-corrected chi connectivity index (χ2v) is 4.34. The van der Waals surface area contributed by atoms with Gasteiger partial charge in [-0.1, -0.05) is 36.4 Å². The maximum absolute atomic E-state index is 11.9. The molecule has 0 heterocycles. The van der Waals surface area contributed by atoms with Crippen LogP contribution in [0.3, 0.4) is 0 Å². The Labute approximate surface area is 131 Å². The first-order chi connectivity index (χ1) is 10.9. The first-order valence-corrected chi connectivity index (χ1v) is 6.67. The van der Waals surface area contributed by atoms with Crippen LogP contribution in [0.1, 0.15) is 5.56 Å². The Hall–Kier alpha value is -2.35. The highest BCUT2D eigenvalue weighted by molar-refractivity contribution is 5.85. The highest BCUT2D eigenvalue weighted by atomic mass is 19.4. The third kappa shape index (κ3) is 8.62. The molecule has 23 heavy (non-hydrogen) atoms. The Morgan fingerprint density at radius 3 is 2.39 bits per heavy atom. The number of ether oxygens (including phenoxy) is 2. The van der Waals surface area contributed by atoms with E-state index in [4.69, 9.17) is 4.74 Å². The molecule has 126 valence electrons. The number of carbonyl (C=O) groups is 2. The molecule has 0 aromatic heterocycles. The van der Waals surface area contributed by atoms with E-state index in [0.29, 0.717) is 13.2 Å². The molecule has 0 unspecified atom stereocenters. The van der Waals surface area contributed by atoms with Crippen LogP contribution in [-0.4, -0.2) is 37.8 Å². The zero-order chi connectivity index (χ0) is 17.1. The summed E-state index contributed by atoms with van der Waals surface area (Å²) >= 11 is 0. The summed E-state index contributed by atoms with van der Waals surface area (Å²) in [5, 5.41) is 1.41. The maximum atomic E-state index is 11.9. The van der Waals surface area contributed by atoms with E-state index >= 15 is 0 Å². The molecule has 0 aliphatic rings. The van der Waals surface area contributed by atoms with Gasteiger partial charge < -0.3 is 14.8 Å². The maximum Gasteiger partial charge on any atom is 0.471 e. The van der Waals surface area contributed by atoms with Gasteiger partial charge in [0.1, 0.15) is 13.2 Å². The van der Waals surface area contributed by atoms with Gasteiger partial charge >= 0.3 is 18.1 Å². The largest absolute Gasteiger partial charge is 0.471 e. The molecule has 0 atom stereocenters. The summed E-state index contributed by atoms with van der Waals surface area (Å²) in [6, 6.07) is 9.52. The fourth-order valence-corrected chi connectivity index (χ4v) is 1.40. The first-order valence-electron chi connectivity index (χ1n) is 6.67. The average Bonchev–Trinajstić information content (AvgIpc) is 2.51. The zero-order valence-electron chi connectivity index (χ0n) is 12.1. The van der Waals surface area contributed by atoms with Crippen LogP contribution in [0.2, 0.25) is 0 Å². The minimum Gasteiger partial charge on any atom is -0.460 e. The van der Waals surface area contributed by atoms with E-state index in [2.05, 4.69) is 4.74 Å². The van der Waals surface area contributed by atoms with Crippen molar-refractivity contribution < 1.29 is 32.2 Å². The lowest BCUT2D eigenvalue weighted by atomic mass is 10.2. The van der Waals surface area contributed by atoms with E-state index in [1.807, 2.05) is 30.3 Å². The third-order valence-corrected chi connectivity index (χ3v) is 2.48. The average molecular weight is 331 g/mol. The van der Waals surface area contributed by atoms with E-state index in [9.17, 15) is 22.8 Å². The monoisotopic (exact) mass is 331 g/mol. The topological polar surface area (TPSA) is 64.6 Å². The Kier molecular flexibility index (Phi) is 7.82. The number of benzene rings is 1. The summed E-state index contributed by atoms with van der Waals surface area (Å²) in [6.45, 7) is -0.211. The van der Waals surface area contributed by atoms with Gasteiger partial charge in [0.15, 0.2) is 0 Å². The predicted octanol–water partition coefficient (Wildman–Crippen LogP) is 1.98. The molecule has 0 spiro atoms. The summed E-state index contributed by atoms with van der Waals surface area (Å²) < 4.78 is 45.5. The molecule has 0 aliphatic carbocycles. The number of hydrogen-bond donors (Lipinski definition) is 1. The van der Waals surface area contributed by atoms with Gasteiger partial charge in [-0.2, -0.15) is 13.2 Å². The van der Waals surface area contributed by atoms with Gasteiger partial charge in [0, 0.05) is 0 Å². The van der Waals surface area contributed by atoms with Crippen molar-refractivity contribution in [1.29, 1.82) is 0 Å². The summed E-state index contributed by atoms with van der Waals surface area (Å²) in [5.74, 6) is -3.14. The van der Waals surface area contributed by atoms with Crippen molar-refractivity contribution in [3.05, 3.63) is 48.0 Å². The number of hydrogen-bond acceptors (Lipinski definition) is 4. The second-order valence-electron chi connectivity index (χ2n) is 4.34. The van der Waals surface area contributed by atoms with Crippen LogP contribution >= 0.6 is 0 Å². The predicted molar refractivity (Wildman–Crippen MR) is 75.3 cm³/mol. The number of alkyl halides is 3. The molecule has 0 saturated carbocycles. The standard InChI is InChI=1S/C15H16F3NO4/c16-15(17,18)14(21)19-10-13(20)23-9-5-4-8-22-11-12-6-2-1-3-7-12/h1-7H,8-11H2,(H,19,21)/b5-4+. The molecule has 5 nitrogen and oxygen atoms in total. The van der Waals surface area contributed by atoms with Crippen LogP contribution in [0.25, 0.3) is 0 Å². The van der Waals surface area contributed by atoms with Gasteiger partial charge in [0.05, 0.1) is 13.2 Å². The van der Waals surface area contributed by atoms with E-state index in [0.717, 1.165) is 5.56 Å². The highest BCUT2D eigenvalue weighted by Crippen LogP contribution is 2.13. The molecule has 0 saturated heterocycles. The number of amides is 1. The summed E-state index contributed by atoms with van der Waals surface area (Å²) in [7, 11) is 0. The van der Waals surface area contributed by atoms with Crippen LogP contribution in [-0.2, 0) is 25.7 Å². The van der Waals surface area contributed by atoms with Crippen molar-refractivity contribution in [3.8, 4) is 0 Å². The first kappa shape index (κ1) is 18.7. The highest BCUT2D eigenvalue weighted by Gasteiger charge is 2.38. The summed E-state index contributed by atoms with van der Waals surface area (Å²) in [6.07, 6.45) is -1.91. The van der Waals surface area contributed by atoms with Crippen molar-refractivity contribution >= 4 is 11.9 Å². The van der Waals surface area contributed by atoms with Crippen molar-refractivity contribution in [3.63, 3.8) is 0 Å². The molecule has 0 radical (unpaired) electrons. The molecule has 1 aromatic rings. The van der Waals surface area contributed by atoms with Crippen LogP contribution in [0.15, 0.2) is 42.5 Å². The number of nitrogens with one attached hydrogen (secondary N) is 1. The van der Waals surface area contributed by atoms with Gasteiger partial charge in [-0.05, 0) is 11.6 Å². The molecule has 1 rings (SSSR count). The van der Waals surface area contributed by atoms with Gasteiger partial charge in [-0.25, -0.2) is 0 Å². The molecule has 1 aromatic carbocycles. The lowest BCUT2D eigenvalue weighted by Crippen LogP contribution is -2.40. The molecular weight excluding hydrogens is 315 g/mol. The van der Waals surface area contributed by atoms with E-state index in [-0.39, 0.29) is 6.61 Å². The van der Waals surface area contributed by atoms with Gasteiger partial charge in [0.2, 0.25) is 0 Å². The smallest absolute Gasteiger partial charge is 0.460 e. The van der Waals surface area contributed by atoms with Crippen LogP contribution in [0.4, 0.5) is 13.2 Å². The zero-order valence-corrected chi connectivity index (χ0v) is 12.1. The van der Waals surface area contributed by atoms with E-state index < -0.39 is 24.6 Å². The van der Waals surface area contributed by atoms with E-state index in [1.54, 1.807) is 6.08 Å². The quantitative estimate of drug-likeness (QED) is 0.449. The molecule has 8 heteroatoms. The second kappa shape index (κ2) is 9.62. The van der Waals surface area contributed by atoms with Gasteiger partial charge in [-0.15, -0.1) is 0 Å². The Morgan fingerprint density at radius 2 is 1.74 bits per heavy atom. The third-order valence-electron chi connectivity index (χ3n) is 2.48. The number of halogens is 3. The fraction of sp³-hybridized carbons (Fsp3) is 0.333. The van der Waals surface area contributed by atoms with Crippen LogP contribution in [0.5, 0.6) is 0 Å². The Balaban J connectivity index is 2.07. The minimum atomic E-state index is -5.02. The Morgan fingerprint density at radius 1 is 1.09 bits per heavy atom. The number of rotatable bonds is 8. The molecule has 0 aliphatic heterocycles. The van der Waals surface area contributed by atoms with Gasteiger partial charge in [0.25, 0.3) is 0 Å². The Bertz CT molecular complexity index is 529. The minimum absolute atomic E-state index is 0.116. The molecule has 0 bridgehead atoms. The normalized spacial score (nSPS) is 11.4. The lowest BCUT2D eigenvalue weighted by Gasteiger charge is -2.07. The van der Waals surface area contributed by atoms with Crippen LogP contribution < -0.4 is 5.32 Å². The van der Waals surface area contributed by atoms with E-state index in [1.165, 1.54) is 11.4 Å². The van der Waals surface area contributed by atoms with Crippen molar-refractivity contribution in [2.24, 2.45) is 0 Å². The number of esters is 1. The lowest BCUT2D eigenvalue weighted by molar-refractivity contribution is -0.174. The SMILES string of the molecule is O=C(CNC(=O)C(F)(F)F)OC/C=C/COCc1ccccc1. The van der Waals surface area contributed by atoms with Crippen molar-refractivity contribution in [1.82, 2.24) is 5.32 Å². The number of carbonyl (C=O) groups excluding carboxylic acids is 2.